The Hall–Kier alpha value is -1.72. The van der Waals surface area contributed by atoms with Gasteiger partial charge in [-0.3, -0.25) is 4.79 Å². The molecule has 1 amide bonds. The van der Waals surface area contributed by atoms with E-state index in [0.717, 1.165) is 6.42 Å². The van der Waals surface area contributed by atoms with Crippen molar-refractivity contribution in [1.82, 2.24) is 5.32 Å². The van der Waals surface area contributed by atoms with E-state index in [2.05, 4.69) is 22.1 Å². The first-order valence-corrected chi connectivity index (χ1v) is 7.79. The van der Waals surface area contributed by atoms with Gasteiger partial charge in [0.25, 0.3) is 0 Å². The maximum absolute atomic E-state index is 13.4. The molecule has 3 nitrogen and oxygen atoms in total. The van der Waals surface area contributed by atoms with Gasteiger partial charge in [-0.1, -0.05) is 6.07 Å². The number of hydrogen-bond acceptors (Lipinski definition) is 3. The monoisotopic (exact) mass is 306 g/mol. The third kappa shape index (κ3) is 4.95. The number of carbonyl (C=O) groups is 1. The van der Waals surface area contributed by atoms with Gasteiger partial charge in [0.15, 0.2) is 0 Å². The van der Waals surface area contributed by atoms with Crippen molar-refractivity contribution in [2.24, 2.45) is 0 Å². The molecule has 2 N–H and O–H groups in total. The van der Waals surface area contributed by atoms with Crippen LogP contribution in [-0.2, 0) is 11.2 Å². The maximum atomic E-state index is 13.4. The van der Waals surface area contributed by atoms with E-state index in [0.29, 0.717) is 11.3 Å². The van der Waals surface area contributed by atoms with Crippen molar-refractivity contribution < 1.29 is 9.18 Å². The number of anilines is 1. The molecular weight excluding hydrogens is 287 g/mol. The fraction of sp³-hybridized carbons (Fsp3) is 0.312. The molecule has 0 aliphatic carbocycles. The molecule has 1 heterocycles. The third-order valence-corrected chi connectivity index (χ3v) is 3.92. The molecule has 0 spiro atoms. The first kappa shape index (κ1) is 15.7. The average Bonchev–Trinajstić information content (AvgIpc) is 2.93. The number of hydrogen-bond donors (Lipinski definition) is 2. The molecule has 112 valence electrons. The Balaban J connectivity index is 1.77. The molecule has 2 rings (SSSR count). The van der Waals surface area contributed by atoms with Crippen molar-refractivity contribution in [1.29, 1.82) is 0 Å². The fourth-order valence-electron chi connectivity index (χ4n) is 1.98. The Labute approximate surface area is 128 Å². The van der Waals surface area contributed by atoms with Crippen LogP contribution in [-0.4, -0.2) is 18.5 Å². The molecule has 0 unspecified atom stereocenters. The molecule has 0 saturated heterocycles. The smallest absolute Gasteiger partial charge is 0.238 e. The Bertz CT molecular complexity index is 598. The fourth-order valence-corrected chi connectivity index (χ4v) is 2.66. The zero-order chi connectivity index (χ0) is 15.2. The van der Waals surface area contributed by atoms with Gasteiger partial charge in [0.1, 0.15) is 5.82 Å². The minimum atomic E-state index is -0.313. The van der Waals surface area contributed by atoms with Crippen molar-refractivity contribution in [3.05, 3.63) is 52.0 Å². The molecule has 21 heavy (non-hydrogen) atoms. The average molecular weight is 306 g/mol. The number of carbonyl (C=O) groups excluding carboxylic acids is 1. The van der Waals surface area contributed by atoms with E-state index in [4.69, 9.17) is 0 Å². The Morgan fingerprint density at radius 1 is 1.38 bits per heavy atom. The van der Waals surface area contributed by atoms with Gasteiger partial charge >= 0.3 is 0 Å². The quantitative estimate of drug-likeness (QED) is 0.859. The minimum absolute atomic E-state index is 0.171. The predicted molar refractivity (Wildman–Crippen MR) is 85.3 cm³/mol. The van der Waals surface area contributed by atoms with Gasteiger partial charge in [-0.05, 0) is 60.4 Å². The van der Waals surface area contributed by atoms with Crippen LogP contribution in [0.5, 0.6) is 0 Å². The lowest BCUT2D eigenvalue weighted by molar-refractivity contribution is -0.115. The molecule has 0 aliphatic rings. The van der Waals surface area contributed by atoms with Gasteiger partial charge < -0.3 is 10.6 Å². The van der Waals surface area contributed by atoms with Crippen molar-refractivity contribution in [3.63, 3.8) is 0 Å². The van der Waals surface area contributed by atoms with Crippen molar-refractivity contribution in [3.8, 4) is 0 Å². The summed E-state index contributed by atoms with van der Waals surface area (Å²) in [5.74, 6) is -0.484. The van der Waals surface area contributed by atoms with Crippen LogP contribution in [0.2, 0.25) is 0 Å². The predicted octanol–water partition coefficient (Wildman–Crippen LogP) is 3.35. The van der Waals surface area contributed by atoms with Crippen LogP contribution in [0.1, 0.15) is 18.1 Å². The zero-order valence-corrected chi connectivity index (χ0v) is 13.0. The summed E-state index contributed by atoms with van der Waals surface area (Å²) in [4.78, 5) is 11.8. The van der Waals surface area contributed by atoms with Crippen LogP contribution < -0.4 is 10.6 Å². The number of thiophene rings is 1. The van der Waals surface area contributed by atoms with Crippen LogP contribution in [0, 0.1) is 12.7 Å². The van der Waals surface area contributed by atoms with Crippen LogP contribution in [0.3, 0.4) is 0 Å². The number of halogens is 1. The Kier molecular flexibility index (Phi) is 5.47. The van der Waals surface area contributed by atoms with Gasteiger partial charge in [0.2, 0.25) is 5.91 Å². The molecule has 5 heteroatoms. The second-order valence-corrected chi connectivity index (χ2v) is 5.91. The zero-order valence-electron chi connectivity index (χ0n) is 12.2. The molecule has 0 saturated carbocycles. The number of aryl methyl sites for hydroxylation is 1. The van der Waals surface area contributed by atoms with E-state index in [1.807, 2.05) is 12.3 Å². The first-order chi connectivity index (χ1) is 10.0. The summed E-state index contributed by atoms with van der Waals surface area (Å²) < 4.78 is 13.4. The summed E-state index contributed by atoms with van der Waals surface area (Å²) in [6.07, 6.45) is 0.885. The normalized spacial score (nSPS) is 12.1. The topological polar surface area (TPSA) is 41.1 Å². The van der Waals surface area contributed by atoms with Gasteiger partial charge in [-0.2, -0.15) is 11.3 Å². The number of nitrogens with one attached hydrogen (secondary N) is 2. The van der Waals surface area contributed by atoms with Crippen LogP contribution in [0.15, 0.2) is 35.0 Å². The van der Waals surface area contributed by atoms with Gasteiger partial charge in [0.05, 0.1) is 6.54 Å². The highest BCUT2D eigenvalue weighted by atomic mass is 32.1. The van der Waals surface area contributed by atoms with Crippen molar-refractivity contribution in [2.75, 3.05) is 11.9 Å². The molecule has 2 aromatic rings. The molecule has 0 aliphatic heterocycles. The van der Waals surface area contributed by atoms with E-state index in [1.165, 1.54) is 11.6 Å². The van der Waals surface area contributed by atoms with Crippen molar-refractivity contribution in [2.45, 2.75) is 26.3 Å². The van der Waals surface area contributed by atoms with Gasteiger partial charge in [-0.25, -0.2) is 4.39 Å². The van der Waals surface area contributed by atoms with E-state index in [9.17, 15) is 9.18 Å². The summed E-state index contributed by atoms with van der Waals surface area (Å²) in [7, 11) is 0. The van der Waals surface area contributed by atoms with E-state index < -0.39 is 0 Å². The highest BCUT2D eigenvalue weighted by Gasteiger charge is 2.08. The van der Waals surface area contributed by atoms with Crippen LogP contribution in [0.25, 0.3) is 0 Å². The lowest BCUT2D eigenvalue weighted by atomic mass is 10.1. The molecule has 1 aromatic carbocycles. The second kappa shape index (κ2) is 7.33. The first-order valence-electron chi connectivity index (χ1n) is 6.85. The Morgan fingerprint density at radius 3 is 2.86 bits per heavy atom. The second-order valence-electron chi connectivity index (χ2n) is 5.13. The number of amides is 1. The number of rotatable bonds is 6. The van der Waals surface area contributed by atoms with E-state index in [1.54, 1.807) is 30.4 Å². The van der Waals surface area contributed by atoms with Gasteiger partial charge in [-0.15, -0.1) is 0 Å². The SMILES string of the molecule is Cc1ccc(NC(=O)CN[C@H](C)Cc2ccsc2)cc1F. The van der Waals surface area contributed by atoms with Crippen LogP contribution >= 0.6 is 11.3 Å². The molecule has 0 bridgehead atoms. The summed E-state index contributed by atoms with van der Waals surface area (Å²) in [5, 5.41) is 10.00. The summed E-state index contributed by atoms with van der Waals surface area (Å²) in [6, 6.07) is 6.97. The number of benzene rings is 1. The Morgan fingerprint density at radius 2 is 2.19 bits per heavy atom. The lowest BCUT2D eigenvalue weighted by Crippen LogP contribution is -2.35. The molecule has 0 fully saturated rings. The van der Waals surface area contributed by atoms with Crippen molar-refractivity contribution >= 4 is 22.9 Å². The molecule has 1 aromatic heterocycles. The standard InChI is InChI=1S/C16H19FN2OS/c1-11-3-4-14(8-15(11)17)19-16(20)9-18-12(2)7-13-5-6-21-10-13/h3-6,8,10,12,18H,7,9H2,1-2H3,(H,19,20)/t12-/m1/s1. The summed E-state index contributed by atoms with van der Waals surface area (Å²) in [6.45, 7) is 3.94. The summed E-state index contributed by atoms with van der Waals surface area (Å²) in [5.41, 5.74) is 2.31. The summed E-state index contributed by atoms with van der Waals surface area (Å²) >= 11 is 1.67. The third-order valence-electron chi connectivity index (χ3n) is 3.19. The van der Waals surface area contributed by atoms with E-state index in [-0.39, 0.29) is 24.3 Å². The van der Waals surface area contributed by atoms with Crippen LogP contribution in [0.4, 0.5) is 10.1 Å². The molecule has 0 radical (unpaired) electrons. The highest BCUT2D eigenvalue weighted by Crippen LogP contribution is 2.13. The largest absolute Gasteiger partial charge is 0.325 e. The van der Waals surface area contributed by atoms with Gasteiger partial charge in [0, 0.05) is 11.7 Å². The maximum Gasteiger partial charge on any atom is 0.238 e. The molecular formula is C16H19FN2OS. The molecule has 1 atom stereocenters. The van der Waals surface area contributed by atoms with E-state index >= 15 is 0 Å². The minimum Gasteiger partial charge on any atom is -0.325 e. The highest BCUT2D eigenvalue weighted by molar-refractivity contribution is 7.07. The lowest BCUT2D eigenvalue weighted by Gasteiger charge is -2.13.